The standard InChI is InChI=1S/C33H41BrN2O3/c1-6-26(15-14-25(2)34)31(30(13-10-24-37)27-11-8-7-9-12-27)28-16-18-29(19-17-28)35-20-22-36(23-21-35)32(38)39-33(3,4)5/h6-9,11-12,14-19,37H,1,10,13,20-24H2,2-5H3/b25-14+,26-15+,31-30-. The van der Waals surface area contributed by atoms with Gasteiger partial charge in [0.1, 0.15) is 5.60 Å². The Kier molecular flexibility index (Phi) is 11.2. The lowest BCUT2D eigenvalue weighted by atomic mass is 9.86. The van der Waals surface area contributed by atoms with E-state index in [1.54, 1.807) is 4.90 Å². The van der Waals surface area contributed by atoms with Crippen LogP contribution in [0, 0.1) is 0 Å². The number of rotatable bonds is 9. The first-order valence-electron chi connectivity index (χ1n) is 13.5. The van der Waals surface area contributed by atoms with Crippen LogP contribution in [0.2, 0.25) is 0 Å². The number of halogens is 1. The minimum Gasteiger partial charge on any atom is -0.444 e. The molecular weight excluding hydrogens is 552 g/mol. The molecule has 39 heavy (non-hydrogen) atoms. The predicted molar refractivity (Wildman–Crippen MR) is 167 cm³/mol. The van der Waals surface area contributed by atoms with Gasteiger partial charge in [-0.25, -0.2) is 4.79 Å². The average Bonchev–Trinajstić information content (AvgIpc) is 2.92. The molecular formula is C33H41BrN2O3. The Balaban J connectivity index is 1.94. The van der Waals surface area contributed by atoms with Crippen molar-refractivity contribution in [2.24, 2.45) is 0 Å². The predicted octanol–water partition coefficient (Wildman–Crippen LogP) is 7.84. The van der Waals surface area contributed by atoms with Gasteiger partial charge in [0.25, 0.3) is 0 Å². The van der Waals surface area contributed by atoms with Crippen LogP contribution >= 0.6 is 15.9 Å². The molecule has 0 bridgehead atoms. The quantitative estimate of drug-likeness (QED) is 0.238. The van der Waals surface area contributed by atoms with Crippen LogP contribution in [0.3, 0.4) is 0 Å². The van der Waals surface area contributed by atoms with Crippen molar-refractivity contribution in [1.82, 2.24) is 4.90 Å². The minimum atomic E-state index is -0.493. The van der Waals surface area contributed by atoms with Crippen molar-refractivity contribution in [2.75, 3.05) is 37.7 Å². The normalized spacial score (nSPS) is 15.6. The van der Waals surface area contributed by atoms with Crippen LogP contribution in [0.1, 0.15) is 51.7 Å². The molecule has 1 saturated heterocycles. The Morgan fingerprint density at radius 3 is 2.18 bits per heavy atom. The van der Waals surface area contributed by atoms with Gasteiger partial charge in [-0.2, -0.15) is 0 Å². The molecule has 1 aliphatic heterocycles. The van der Waals surface area contributed by atoms with E-state index in [1.807, 2.05) is 58.0 Å². The molecule has 6 heteroatoms. The third-order valence-corrected chi connectivity index (χ3v) is 6.73. The zero-order valence-corrected chi connectivity index (χ0v) is 25.2. The van der Waals surface area contributed by atoms with Gasteiger partial charge in [0.15, 0.2) is 0 Å². The van der Waals surface area contributed by atoms with Crippen LogP contribution in [0.25, 0.3) is 11.1 Å². The Morgan fingerprint density at radius 1 is 1.00 bits per heavy atom. The van der Waals surface area contributed by atoms with Gasteiger partial charge in [0.2, 0.25) is 0 Å². The van der Waals surface area contributed by atoms with E-state index in [1.165, 1.54) is 5.57 Å². The second-order valence-corrected chi connectivity index (χ2v) is 11.9. The monoisotopic (exact) mass is 592 g/mol. The summed E-state index contributed by atoms with van der Waals surface area (Å²) in [6, 6.07) is 19.0. The first kappa shape index (κ1) is 30.5. The van der Waals surface area contributed by atoms with Crippen molar-refractivity contribution in [2.45, 2.75) is 46.1 Å². The van der Waals surface area contributed by atoms with E-state index in [-0.39, 0.29) is 12.7 Å². The number of carbonyl (C=O) groups is 1. The molecule has 1 N–H and O–H groups in total. The summed E-state index contributed by atoms with van der Waals surface area (Å²) in [6.45, 7) is 14.7. The Bertz CT molecular complexity index is 1200. The fourth-order valence-corrected chi connectivity index (χ4v) is 4.73. The van der Waals surface area contributed by atoms with Crippen molar-refractivity contribution >= 4 is 38.9 Å². The molecule has 0 aliphatic carbocycles. The minimum absolute atomic E-state index is 0.130. The summed E-state index contributed by atoms with van der Waals surface area (Å²) in [5.41, 5.74) is 6.16. The maximum Gasteiger partial charge on any atom is 0.410 e. The van der Waals surface area contributed by atoms with Crippen LogP contribution in [0.5, 0.6) is 0 Å². The zero-order chi connectivity index (χ0) is 28.4. The summed E-state index contributed by atoms with van der Waals surface area (Å²) in [4.78, 5) is 16.6. The molecule has 0 aromatic heterocycles. The van der Waals surface area contributed by atoms with Crippen LogP contribution in [-0.4, -0.2) is 54.5 Å². The number of aliphatic hydroxyl groups is 1. The Labute approximate surface area is 242 Å². The van der Waals surface area contributed by atoms with Crippen molar-refractivity contribution < 1.29 is 14.6 Å². The van der Waals surface area contributed by atoms with E-state index in [0.717, 1.165) is 52.0 Å². The van der Waals surface area contributed by atoms with Gasteiger partial charge in [-0.1, -0.05) is 83.2 Å². The van der Waals surface area contributed by atoms with Gasteiger partial charge < -0.3 is 19.6 Å². The van der Waals surface area contributed by atoms with E-state index in [4.69, 9.17) is 4.74 Å². The molecule has 208 valence electrons. The number of piperazine rings is 1. The third-order valence-electron chi connectivity index (χ3n) is 6.46. The van der Waals surface area contributed by atoms with Crippen LogP contribution in [0.4, 0.5) is 10.5 Å². The lowest BCUT2D eigenvalue weighted by molar-refractivity contribution is 0.0240. The number of anilines is 1. The van der Waals surface area contributed by atoms with Gasteiger partial charge in [-0.3, -0.25) is 0 Å². The molecule has 0 saturated carbocycles. The van der Waals surface area contributed by atoms with Gasteiger partial charge in [0, 0.05) is 38.5 Å². The molecule has 3 rings (SSSR count). The molecule has 5 nitrogen and oxygen atoms in total. The van der Waals surface area contributed by atoms with Crippen molar-refractivity contribution in [3.8, 4) is 0 Å². The summed E-state index contributed by atoms with van der Waals surface area (Å²) >= 11 is 3.54. The first-order valence-corrected chi connectivity index (χ1v) is 14.3. The van der Waals surface area contributed by atoms with E-state index in [9.17, 15) is 9.90 Å². The summed E-state index contributed by atoms with van der Waals surface area (Å²) in [5, 5.41) is 9.66. The van der Waals surface area contributed by atoms with Crippen molar-refractivity contribution in [1.29, 1.82) is 0 Å². The first-order chi connectivity index (χ1) is 18.6. The number of carbonyl (C=O) groups excluding carboxylic acids is 1. The second kappa shape index (κ2) is 14.3. The Morgan fingerprint density at radius 2 is 1.64 bits per heavy atom. The highest BCUT2D eigenvalue weighted by molar-refractivity contribution is 9.11. The smallest absolute Gasteiger partial charge is 0.410 e. The lowest BCUT2D eigenvalue weighted by Gasteiger charge is -2.36. The molecule has 0 atom stereocenters. The number of amides is 1. The topological polar surface area (TPSA) is 53.0 Å². The maximum atomic E-state index is 12.5. The number of aliphatic hydroxyl groups excluding tert-OH is 1. The molecule has 1 heterocycles. The fraction of sp³-hybridized carbons (Fsp3) is 0.364. The molecule has 0 radical (unpaired) electrons. The van der Waals surface area contributed by atoms with E-state index in [2.05, 4.69) is 69.9 Å². The van der Waals surface area contributed by atoms with Gasteiger partial charge >= 0.3 is 6.09 Å². The van der Waals surface area contributed by atoms with E-state index < -0.39 is 5.60 Å². The highest BCUT2D eigenvalue weighted by atomic mass is 79.9. The van der Waals surface area contributed by atoms with Gasteiger partial charge in [-0.05, 0) is 85.0 Å². The van der Waals surface area contributed by atoms with Crippen LogP contribution in [-0.2, 0) is 4.74 Å². The number of hydrogen-bond acceptors (Lipinski definition) is 4. The number of hydrogen-bond donors (Lipinski definition) is 1. The Hall–Kier alpha value is -3.09. The highest BCUT2D eigenvalue weighted by Gasteiger charge is 2.26. The second-order valence-electron chi connectivity index (χ2n) is 10.6. The molecule has 0 spiro atoms. The SMILES string of the molecule is C=CC(=C\C=C(/C)Br)/C(=C(\CCCO)c1ccccc1)c1ccc(N2CCN(C(=O)OC(C)(C)C)CC2)cc1. The zero-order valence-electron chi connectivity index (χ0n) is 23.6. The number of allylic oxidation sites excluding steroid dienone is 7. The van der Waals surface area contributed by atoms with E-state index >= 15 is 0 Å². The molecule has 1 fully saturated rings. The number of benzene rings is 2. The average molecular weight is 594 g/mol. The van der Waals surface area contributed by atoms with Gasteiger partial charge in [0.05, 0.1) is 0 Å². The molecule has 1 aliphatic rings. The van der Waals surface area contributed by atoms with Crippen LogP contribution < -0.4 is 4.90 Å². The molecule has 2 aromatic rings. The summed E-state index contributed by atoms with van der Waals surface area (Å²) < 4.78 is 6.57. The largest absolute Gasteiger partial charge is 0.444 e. The van der Waals surface area contributed by atoms with Gasteiger partial charge in [-0.15, -0.1) is 0 Å². The van der Waals surface area contributed by atoms with Crippen molar-refractivity contribution in [3.63, 3.8) is 0 Å². The third kappa shape index (κ3) is 8.97. The number of nitrogens with zero attached hydrogens (tertiary/aromatic N) is 2. The number of ether oxygens (including phenoxy) is 1. The molecule has 0 unspecified atom stereocenters. The van der Waals surface area contributed by atoms with E-state index in [0.29, 0.717) is 19.5 Å². The molecule has 2 aromatic carbocycles. The highest BCUT2D eigenvalue weighted by Crippen LogP contribution is 2.36. The van der Waals surface area contributed by atoms with Crippen LogP contribution in [0.15, 0.2) is 89.5 Å². The summed E-state index contributed by atoms with van der Waals surface area (Å²) in [7, 11) is 0. The summed E-state index contributed by atoms with van der Waals surface area (Å²) in [6.07, 6.45) is 7.17. The summed E-state index contributed by atoms with van der Waals surface area (Å²) in [5.74, 6) is 0. The fourth-order valence-electron chi connectivity index (χ4n) is 4.59. The van der Waals surface area contributed by atoms with Crippen molar-refractivity contribution in [3.05, 3.63) is 101 Å². The maximum absolute atomic E-state index is 12.5. The molecule has 1 amide bonds. The lowest BCUT2D eigenvalue weighted by Crippen LogP contribution is -2.50.